The summed E-state index contributed by atoms with van der Waals surface area (Å²) in [5, 5.41) is 4.56. The van der Waals surface area contributed by atoms with Crippen molar-refractivity contribution in [2.24, 2.45) is 0 Å². The largest absolute Gasteiger partial charge is 0.396 e. The summed E-state index contributed by atoms with van der Waals surface area (Å²) in [5.74, 6) is 0.271. The molecule has 0 bridgehead atoms. The van der Waals surface area contributed by atoms with Crippen molar-refractivity contribution in [3.05, 3.63) is 64.7 Å². The second kappa shape index (κ2) is 5.54. The molecule has 0 aliphatic heterocycles. The summed E-state index contributed by atoms with van der Waals surface area (Å²) in [6, 6.07) is 11.8. The van der Waals surface area contributed by atoms with E-state index in [1.165, 1.54) is 12.1 Å². The number of benzene rings is 2. The first-order chi connectivity index (χ1) is 10.1. The highest BCUT2D eigenvalue weighted by Crippen LogP contribution is 2.22. The number of anilines is 1. The van der Waals surface area contributed by atoms with Crippen LogP contribution in [0.15, 0.2) is 47.0 Å². The van der Waals surface area contributed by atoms with Gasteiger partial charge in [0.25, 0.3) is 5.89 Å². The second-order valence-corrected chi connectivity index (χ2v) is 4.99. The average Bonchev–Trinajstić information content (AvgIpc) is 2.93. The third-order valence-electron chi connectivity index (χ3n) is 2.99. The van der Waals surface area contributed by atoms with Crippen LogP contribution >= 0.6 is 11.6 Å². The lowest BCUT2D eigenvalue weighted by atomic mass is 10.1. The summed E-state index contributed by atoms with van der Waals surface area (Å²) in [6.07, 6.45) is 0.512. The Balaban J connectivity index is 1.82. The van der Waals surface area contributed by atoms with Crippen LogP contribution in [0.25, 0.3) is 11.5 Å². The molecule has 21 heavy (non-hydrogen) atoms. The van der Waals surface area contributed by atoms with Crippen LogP contribution in [0.5, 0.6) is 0 Å². The van der Waals surface area contributed by atoms with Crippen LogP contribution in [-0.2, 0) is 6.42 Å². The van der Waals surface area contributed by atoms with Crippen molar-refractivity contribution in [3.8, 4) is 11.5 Å². The van der Waals surface area contributed by atoms with Crippen LogP contribution in [0.2, 0.25) is 5.02 Å². The van der Waals surface area contributed by atoms with Gasteiger partial charge < -0.3 is 10.3 Å². The first-order valence-corrected chi connectivity index (χ1v) is 6.62. The zero-order chi connectivity index (χ0) is 14.8. The first-order valence-electron chi connectivity index (χ1n) is 6.24. The van der Waals surface area contributed by atoms with Crippen molar-refractivity contribution in [2.45, 2.75) is 6.42 Å². The molecule has 0 fully saturated rings. The number of halogens is 2. The number of nitrogen functional groups attached to an aromatic ring is 1. The highest BCUT2D eigenvalue weighted by molar-refractivity contribution is 6.30. The lowest BCUT2D eigenvalue weighted by Gasteiger charge is -1.98. The first kappa shape index (κ1) is 13.6. The number of nitrogens with zero attached hydrogens (tertiary/aromatic N) is 2. The van der Waals surface area contributed by atoms with E-state index in [2.05, 4.69) is 10.1 Å². The molecule has 0 radical (unpaired) electrons. The molecule has 4 nitrogen and oxygen atoms in total. The van der Waals surface area contributed by atoms with Gasteiger partial charge >= 0.3 is 0 Å². The van der Waals surface area contributed by atoms with Gasteiger partial charge in [0.15, 0.2) is 5.82 Å². The Morgan fingerprint density at radius 3 is 2.62 bits per heavy atom. The zero-order valence-corrected chi connectivity index (χ0v) is 11.6. The van der Waals surface area contributed by atoms with Crippen molar-refractivity contribution >= 4 is 17.3 Å². The lowest BCUT2D eigenvalue weighted by Crippen LogP contribution is -1.92. The Bertz CT molecular complexity index is 771. The highest BCUT2D eigenvalue weighted by Gasteiger charge is 2.11. The molecule has 0 unspecified atom stereocenters. The molecule has 0 aliphatic rings. The number of hydrogen-bond donors (Lipinski definition) is 1. The van der Waals surface area contributed by atoms with E-state index in [1.807, 2.05) is 12.1 Å². The van der Waals surface area contributed by atoms with Crippen LogP contribution in [0, 0.1) is 5.82 Å². The Kier molecular flexibility index (Phi) is 3.58. The van der Waals surface area contributed by atoms with Crippen LogP contribution in [-0.4, -0.2) is 10.1 Å². The van der Waals surface area contributed by atoms with Gasteiger partial charge in [-0.2, -0.15) is 4.98 Å². The van der Waals surface area contributed by atoms with Gasteiger partial charge in [0.2, 0.25) is 0 Å². The van der Waals surface area contributed by atoms with Crippen molar-refractivity contribution in [3.63, 3.8) is 0 Å². The maximum absolute atomic E-state index is 13.4. The van der Waals surface area contributed by atoms with E-state index in [4.69, 9.17) is 21.9 Å². The maximum Gasteiger partial charge on any atom is 0.258 e. The third kappa shape index (κ3) is 3.03. The molecule has 3 rings (SSSR count). The molecule has 0 spiro atoms. The third-order valence-corrected chi connectivity index (χ3v) is 3.24. The van der Waals surface area contributed by atoms with Crippen molar-refractivity contribution < 1.29 is 8.91 Å². The van der Waals surface area contributed by atoms with E-state index in [1.54, 1.807) is 18.2 Å². The van der Waals surface area contributed by atoms with Gasteiger partial charge in [-0.25, -0.2) is 4.39 Å². The van der Waals surface area contributed by atoms with Crippen LogP contribution in [0.1, 0.15) is 11.4 Å². The summed E-state index contributed by atoms with van der Waals surface area (Å²) < 4.78 is 18.6. The molecule has 3 aromatic rings. The van der Waals surface area contributed by atoms with E-state index in [-0.39, 0.29) is 11.6 Å². The topological polar surface area (TPSA) is 64.9 Å². The van der Waals surface area contributed by atoms with Crippen molar-refractivity contribution in [1.29, 1.82) is 0 Å². The minimum atomic E-state index is -0.509. The fourth-order valence-corrected chi connectivity index (χ4v) is 2.01. The van der Waals surface area contributed by atoms with Gasteiger partial charge in [-0.15, -0.1) is 0 Å². The van der Waals surface area contributed by atoms with Gasteiger partial charge in [0.1, 0.15) is 5.82 Å². The monoisotopic (exact) mass is 303 g/mol. The quantitative estimate of drug-likeness (QED) is 0.749. The molecule has 6 heteroatoms. The molecule has 0 saturated carbocycles. The Morgan fingerprint density at radius 1 is 1.14 bits per heavy atom. The van der Waals surface area contributed by atoms with Gasteiger partial charge in [0.05, 0.1) is 5.69 Å². The number of nitrogens with two attached hydrogens (primary N) is 1. The predicted molar refractivity (Wildman–Crippen MR) is 78.4 cm³/mol. The van der Waals surface area contributed by atoms with Gasteiger partial charge in [0, 0.05) is 17.0 Å². The Labute approximate surface area is 125 Å². The summed E-state index contributed by atoms with van der Waals surface area (Å²) in [6.45, 7) is 0. The van der Waals surface area contributed by atoms with E-state index in [9.17, 15) is 4.39 Å². The number of hydrogen-bond acceptors (Lipinski definition) is 4. The Hall–Kier alpha value is -2.40. The molecule has 2 aromatic carbocycles. The fourth-order valence-electron chi connectivity index (χ4n) is 1.89. The molecule has 0 amide bonds. The SMILES string of the molecule is Nc1ccc(-c2nc(Cc3ccc(Cl)cc3)no2)cc1F. The molecular weight excluding hydrogens is 293 g/mol. The molecule has 0 aliphatic carbocycles. The van der Waals surface area contributed by atoms with Gasteiger partial charge in [-0.05, 0) is 35.9 Å². The van der Waals surface area contributed by atoms with E-state index in [0.29, 0.717) is 22.8 Å². The normalized spacial score (nSPS) is 10.8. The van der Waals surface area contributed by atoms with Gasteiger partial charge in [-0.1, -0.05) is 28.9 Å². The predicted octanol–water partition coefficient (Wildman–Crippen LogP) is 3.70. The summed E-state index contributed by atoms with van der Waals surface area (Å²) in [4.78, 5) is 4.25. The Morgan fingerprint density at radius 2 is 1.90 bits per heavy atom. The molecule has 106 valence electrons. The zero-order valence-electron chi connectivity index (χ0n) is 10.9. The number of rotatable bonds is 3. The van der Waals surface area contributed by atoms with Gasteiger partial charge in [-0.3, -0.25) is 0 Å². The molecule has 0 atom stereocenters. The van der Waals surface area contributed by atoms with E-state index >= 15 is 0 Å². The molecule has 2 N–H and O–H groups in total. The summed E-state index contributed by atoms with van der Waals surface area (Å²) >= 11 is 5.83. The standard InChI is InChI=1S/C15H11ClFN3O/c16-11-4-1-9(2-5-11)7-14-19-15(21-20-14)10-3-6-13(18)12(17)8-10/h1-6,8H,7,18H2. The summed E-state index contributed by atoms with van der Waals surface area (Å²) in [5.41, 5.74) is 7.02. The number of aromatic nitrogens is 2. The molecular formula is C15H11ClFN3O. The van der Waals surface area contributed by atoms with Crippen molar-refractivity contribution in [2.75, 3.05) is 5.73 Å². The highest BCUT2D eigenvalue weighted by atomic mass is 35.5. The molecule has 0 saturated heterocycles. The fraction of sp³-hybridized carbons (Fsp3) is 0.0667. The maximum atomic E-state index is 13.4. The van der Waals surface area contributed by atoms with E-state index in [0.717, 1.165) is 5.56 Å². The average molecular weight is 304 g/mol. The molecule has 1 aromatic heterocycles. The van der Waals surface area contributed by atoms with Crippen LogP contribution in [0.3, 0.4) is 0 Å². The van der Waals surface area contributed by atoms with Crippen LogP contribution in [0.4, 0.5) is 10.1 Å². The van der Waals surface area contributed by atoms with E-state index < -0.39 is 5.82 Å². The lowest BCUT2D eigenvalue weighted by molar-refractivity contribution is 0.423. The van der Waals surface area contributed by atoms with Crippen molar-refractivity contribution in [1.82, 2.24) is 10.1 Å². The summed E-state index contributed by atoms with van der Waals surface area (Å²) in [7, 11) is 0. The second-order valence-electron chi connectivity index (χ2n) is 4.56. The molecule has 1 heterocycles. The smallest absolute Gasteiger partial charge is 0.258 e. The van der Waals surface area contributed by atoms with Crippen LogP contribution < -0.4 is 5.73 Å². The minimum Gasteiger partial charge on any atom is -0.396 e. The minimum absolute atomic E-state index is 0.0830.